The molecule has 0 fully saturated rings. The fourth-order valence-electron chi connectivity index (χ4n) is 1.39. The Hall–Kier alpha value is -1.23. The summed E-state index contributed by atoms with van der Waals surface area (Å²) in [4.78, 5) is 2.01. The SMILES string of the molecule is CCN1c2ccccc2OC1Cl.OB(O)F.OB(O)F.OB(O)F.OB(O)F. The number of hydrogen-bond acceptors (Lipinski definition) is 10. The number of halogens is 5. The summed E-state index contributed by atoms with van der Waals surface area (Å²) in [7, 11) is -10.7. The van der Waals surface area contributed by atoms with E-state index in [1.54, 1.807) is 0 Å². The van der Waals surface area contributed by atoms with E-state index in [1.165, 1.54) is 0 Å². The van der Waals surface area contributed by atoms with E-state index in [2.05, 4.69) is 6.92 Å². The fourth-order valence-corrected chi connectivity index (χ4v) is 1.72. The van der Waals surface area contributed by atoms with Gasteiger partial charge in [-0.15, -0.1) is 0 Å². The average molecular weight is 439 g/mol. The van der Waals surface area contributed by atoms with Crippen molar-refractivity contribution < 1.29 is 62.2 Å². The minimum atomic E-state index is -2.67. The molecule has 0 saturated carbocycles. The van der Waals surface area contributed by atoms with E-state index in [0.29, 0.717) is 0 Å². The second kappa shape index (κ2) is 19.1. The van der Waals surface area contributed by atoms with Gasteiger partial charge in [-0.3, -0.25) is 17.3 Å². The molecule has 160 valence electrons. The number of ether oxygens (including phenoxy) is 1. The first kappa shape index (κ1) is 31.5. The van der Waals surface area contributed by atoms with Gasteiger partial charge in [-0.25, -0.2) is 0 Å². The number of alkyl halides is 1. The normalized spacial score (nSPS) is 12.6. The molecular weight excluding hydrogens is 421 g/mol. The molecule has 0 aliphatic carbocycles. The number of para-hydroxylation sites is 2. The fraction of sp³-hybridized carbons (Fsp3) is 0.333. The standard InChI is InChI=1S/C9H10ClNO.4BFH2O2/c1-2-11-7-5-3-4-6-8(7)12-9(11)10;4*2-1(3)4/h3-6,9H,2H2,1H3;4*3-4H. The van der Waals surface area contributed by atoms with Gasteiger partial charge < -0.3 is 49.8 Å². The third kappa shape index (κ3) is 24.8. The van der Waals surface area contributed by atoms with Crippen molar-refractivity contribution in [1.82, 2.24) is 0 Å². The van der Waals surface area contributed by atoms with Crippen molar-refractivity contribution in [2.24, 2.45) is 0 Å². The van der Waals surface area contributed by atoms with Gasteiger partial charge in [-0.2, -0.15) is 0 Å². The van der Waals surface area contributed by atoms with Crippen LogP contribution in [0.2, 0.25) is 0 Å². The molecule has 0 saturated heterocycles. The van der Waals surface area contributed by atoms with Crippen LogP contribution in [0.5, 0.6) is 5.75 Å². The van der Waals surface area contributed by atoms with E-state index in [9.17, 15) is 17.3 Å². The van der Waals surface area contributed by atoms with Crippen LogP contribution in [0.4, 0.5) is 23.0 Å². The van der Waals surface area contributed by atoms with Crippen molar-refractivity contribution in [1.29, 1.82) is 0 Å². The number of nitrogens with zero attached hydrogens (tertiary/aromatic N) is 1. The molecule has 8 N–H and O–H groups in total. The minimum Gasteiger partial charge on any atom is -0.454 e. The Bertz CT molecular complexity index is 452. The third-order valence-corrected chi connectivity index (χ3v) is 2.31. The number of anilines is 1. The molecule has 2 rings (SSSR count). The lowest BCUT2D eigenvalue weighted by atomic mass is 10.3. The number of fused-ring (bicyclic) bond motifs is 1. The van der Waals surface area contributed by atoms with Crippen LogP contribution in [-0.2, 0) is 0 Å². The van der Waals surface area contributed by atoms with Gasteiger partial charge in [-0.05, 0) is 19.1 Å². The molecule has 1 aromatic rings. The van der Waals surface area contributed by atoms with Crippen molar-refractivity contribution in [3.63, 3.8) is 0 Å². The molecule has 0 aromatic heterocycles. The number of benzene rings is 1. The zero-order valence-electron chi connectivity index (χ0n) is 14.2. The van der Waals surface area contributed by atoms with Crippen molar-refractivity contribution in [2.45, 2.75) is 12.6 Å². The van der Waals surface area contributed by atoms with Crippen molar-refractivity contribution >= 4 is 46.9 Å². The lowest BCUT2D eigenvalue weighted by Crippen LogP contribution is -2.29. The summed E-state index contributed by atoms with van der Waals surface area (Å²) in [5.41, 5.74) is 0.743. The molecule has 0 amide bonds. The predicted octanol–water partition coefficient (Wildman–Crippen LogP) is -1.87. The number of rotatable bonds is 1. The predicted molar refractivity (Wildman–Crippen MR) is 94.9 cm³/mol. The van der Waals surface area contributed by atoms with Gasteiger partial charge in [0.2, 0.25) is 0 Å². The highest BCUT2D eigenvalue weighted by molar-refractivity contribution is 6.32. The highest BCUT2D eigenvalue weighted by atomic mass is 35.5. The first-order chi connectivity index (χ1) is 12.8. The summed E-state index contributed by atoms with van der Waals surface area (Å²) in [6.45, 7) is 2.92. The second-order valence-corrected chi connectivity index (χ2v) is 4.28. The Morgan fingerprint density at radius 1 is 0.857 bits per heavy atom. The lowest BCUT2D eigenvalue weighted by molar-refractivity contribution is 0.307. The molecule has 10 nitrogen and oxygen atoms in total. The van der Waals surface area contributed by atoms with Gasteiger partial charge in [0.1, 0.15) is 5.75 Å². The van der Waals surface area contributed by atoms with Crippen molar-refractivity contribution in [3.8, 4) is 5.75 Å². The molecule has 0 spiro atoms. The van der Waals surface area contributed by atoms with E-state index < -0.39 is 29.6 Å². The Labute approximate surface area is 164 Å². The minimum absolute atomic E-state index is 0.340. The summed E-state index contributed by atoms with van der Waals surface area (Å²) < 4.78 is 45.8. The molecule has 0 radical (unpaired) electrons. The summed E-state index contributed by atoms with van der Waals surface area (Å²) in [5.74, 6) is 0.874. The number of hydrogen-bond donors (Lipinski definition) is 8. The Balaban J connectivity index is -0.000000328. The summed E-state index contributed by atoms with van der Waals surface area (Å²) in [6, 6.07) is 7.88. The molecule has 0 bridgehead atoms. The van der Waals surface area contributed by atoms with Gasteiger partial charge in [0, 0.05) is 6.54 Å². The van der Waals surface area contributed by atoms with Crippen LogP contribution < -0.4 is 9.64 Å². The van der Waals surface area contributed by atoms with Crippen LogP contribution in [-0.4, -0.2) is 82.0 Å². The molecular formula is C9H18B4ClF4NO9. The van der Waals surface area contributed by atoms with Gasteiger partial charge >= 0.3 is 29.6 Å². The average Bonchev–Trinajstić information content (AvgIpc) is 2.79. The zero-order chi connectivity index (χ0) is 22.9. The monoisotopic (exact) mass is 439 g/mol. The van der Waals surface area contributed by atoms with E-state index in [4.69, 9.17) is 56.5 Å². The van der Waals surface area contributed by atoms with Gasteiger partial charge in [0.05, 0.1) is 5.69 Å². The van der Waals surface area contributed by atoms with Crippen LogP contribution in [0, 0.1) is 0 Å². The van der Waals surface area contributed by atoms with E-state index in [0.717, 1.165) is 18.0 Å². The van der Waals surface area contributed by atoms with E-state index in [-0.39, 0.29) is 5.69 Å². The molecule has 1 atom stereocenters. The highest BCUT2D eigenvalue weighted by Gasteiger charge is 2.26. The van der Waals surface area contributed by atoms with E-state index >= 15 is 0 Å². The van der Waals surface area contributed by atoms with Gasteiger partial charge in [0.25, 0.3) is 5.69 Å². The third-order valence-electron chi connectivity index (χ3n) is 1.98. The van der Waals surface area contributed by atoms with Crippen LogP contribution in [0.25, 0.3) is 0 Å². The molecule has 1 aromatic carbocycles. The van der Waals surface area contributed by atoms with Gasteiger partial charge in [0.15, 0.2) is 0 Å². The first-order valence-corrected chi connectivity index (χ1v) is 7.37. The van der Waals surface area contributed by atoms with Gasteiger partial charge in [-0.1, -0.05) is 23.7 Å². The maximum atomic E-state index is 10.1. The maximum Gasteiger partial charge on any atom is 0.674 e. The van der Waals surface area contributed by atoms with Crippen LogP contribution in [0.3, 0.4) is 0 Å². The second-order valence-electron chi connectivity index (χ2n) is 3.91. The first-order valence-electron chi connectivity index (χ1n) is 6.93. The van der Waals surface area contributed by atoms with Crippen molar-refractivity contribution in [2.75, 3.05) is 11.4 Å². The van der Waals surface area contributed by atoms with Crippen LogP contribution in [0.1, 0.15) is 6.92 Å². The Morgan fingerprint density at radius 2 is 1.18 bits per heavy atom. The summed E-state index contributed by atoms with van der Waals surface area (Å²) in [6.07, 6.45) is 0. The highest BCUT2D eigenvalue weighted by Crippen LogP contribution is 2.37. The molecule has 28 heavy (non-hydrogen) atoms. The quantitative estimate of drug-likeness (QED) is 0.107. The molecule has 1 unspecified atom stereocenters. The Morgan fingerprint density at radius 3 is 1.50 bits per heavy atom. The smallest absolute Gasteiger partial charge is 0.454 e. The largest absolute Gasteiger partial charge is 0.674 e. The lowest BCUT2D eigenvalue weighted by Gasteiger charge is -2.17. The van der Waals surface area contributed by atoms with Crippen LogP contribution >= 0.6 is 11.6 Å². The molecule has 1 heterocycles. The Kier molecular flexibility index (Phi) is 21.5. The molecule has 1 aliphatic heterocycles. The maximum absolute atomic E-state index is 10.1. The molecule has 19 heteroatoms. The summed E-state index contributed by atoms with van der Waals surface area (Å²) >= 11 is 5.95. The van der Waals surface area contributed by atoms with Crippen LogP contribution in [0.15, 0.2) is 24.3 Å². The molecule has 1 aliphatic rings. The van der Waals surface area contributed by atoms with Crippen molar-refractivity contribution in [3.05, 3.63) is 24.3 Å². The zero-order valence-corrected chi connectivity index (χ0v) is 15.0. The topological polar surface area (TPSA) is 174 Å². The summed E-state index contributed by atoms with van der Waals surface area (Å²) in [5, 5.41) is 55.6. The van der Waals surface area contributed by atoms with E-state index in [1.807, 2.05) is 29.2 Å².